The van der Waals surface area contributed by atoms with Crippen LogP contribution >= 0.6 is 0 Å². The standard InChI is InChI=1S/C24H27FN4O2/c1-16(2)15-27-22-6-4-18(14-26)12-20(22)24(31)29-10-8-28(9-11-29)23-7-5-19(17(3)30)13-21(23)25/h4-7,12-13,16,27H,8-11,15H2,1-3H3. The van der Waals surface area contributed by atoms with Gasteiger partial charge in [-0.1, -0.05) is 13.8 Å². The fourth-order valence-corrected chi connectivity index (χ4v) is 3.56. The van der Waals surface area contributed by atoms with E-state index in [1.54, 1.807) is 35.2 Å². The zero-order chi connectivity index (χ0) is 22.5. The molecule has 0 saturated carbocycles. The average Bonchev–Trinajstić information content (AvgIpc) is 2.77. The lowest BCUT2D eigenvalue weighted by molar-refractivity contribution is 0.0747. The first-order chi connectivity index (χ1) is 14.8. The Morgan fingerprint density at radius 1 is 1.13 bits per heavy atom. The van der Waals surface area contributed by atoms with Crippen LogP contribution < -0.4 is 10.2 Å². The molecule has 0 spiro atoms. The zero-order valence-corrected chi connectivity index (χ0v) is 18.1. The lowest BCUT2D eigenvalue weighted by atomic mass is 10.1. The van der Waals surface area contributed by atoms with E-state index in [0.717, 1.165) is 6.54 Å². The fourth-order valence-electron chi connectivity index (χ4n) is 3.56. The van der Waals surface area contributed by atoms with Crippen LogP contribution in [-0.2, 0) is 0 Å². The summed E-state index contributed by atoms with van der Waals surface area (Å²) in [4.78, 5) is 28.3. The Morgan fingerprint density at radius 3 is 2.42 bits per heavy atom. The van der Waals surface area contributed by atoms with Gasteiger partial charge >= 0.3 is 0 Å². The normalized spacial score (nSPS) is 13.8. The SMILES string of the molecule is CC(=O)c1ccc(N2CCN(C(=O)c3cc(C#N)ccc3NCC(C)C)CC2)c(F)c1. The van der Waals surface area contributed by atoms with Gasteiger partial charge in [0.1, 0.15) is 5.82 Å². The Morgan fingerprint density at radius 2 is 1.84 bits per heavy atom. The van der Waals surface area contributed by atoms with Crippen molar-refractivity contribution in [1.29, 1.82) is 5.26 Å². The molecule has 6 nitrogen and oxygen atoms in total. The number of Topliss-reactive ketones (excluding diaryl/α,β-unsaturated/α-hetero) is 1. The predicted octanol–water partition coefficient (Wildman–Crippen LogP) is 3.93. The second-order valence-corrected chi connectivity index (χ2v) is 8.15. The highest BCUT2D eigenvalue weighted by molar-refractivity contribution is 6.00. The van der Waals surface area contributed by atoms with Crippen LogP contribution in [0.5, 0.6) is 0 Å². The van der Waals surface area contributed by atoms with E-state index in [1.165, 1.54) is 13.0 Å². The molecule has 7 heteroatoms. The number of piperazine rings is 1. The van der Waals surface area contributed by atoms with Crippen LogP contribution in [0, 0.1) is 23.1 Å². The number of anilines is 2. The number of ketones is 1. The molecule has 1 aliphatic heterocycles. The summed E-state index contributed by atoms with van der Waals surface area (Å²) in [7, 11) is 0. The van der Waals surface area contributed by atoms with Gasteiger partial charge in [0.2, 0.25) is 0 Å². The van der Waals surface area contributed by atoms with Crippen molar-refractivity contribution in [2.24, 2.45) is 5.92 Å². The van der Waals surface area contributed by atoms with Gasteiger partial charge in [0.25, 0.3) is 5.91 Å². The molecule has 2 aromatic rings. The number of nitrogens with zero attached hydrogens (tertiary/aromatic N) is 3. The van der Waals surface area contributed by atoms with E-state index in [2.05, 4.69) is 25.2 Å². The summed E-state index contributed by atoms with van der Waals surface area (Å²) >= 11 is 0. The van der Waals surface area contributed by atoms with Crippen LogP contribution in [0.3, 0.4) is 0 Å². The van der Waals surface area contributed by atoms with Crippen LogP contribution in [0.25, 0.3) is 0 Å². The zero-order valence-electron chi connectivity index (χ0n) is 18.1. The largest absolute Gasteiger partial charge is 0.384 e. The molecule has 0 atom stereocenters. The monoisotopic (exact) mass is 422 g/mol. The number of nitrogens with one attached hydrogen (secondary N) is 1. The molecular formula is C24H27FN4O2. The summed E-state index contributed by atoms with van der Waals surface area (Å²) in [6.45, 7) is 8.13. The minimum Gasteiger partial charge on any atom is -0.384 e. The van der Waals surface area contributed by atoms with Gasteiger partial charge in [0.05, 0.1) is 22.9 Å². The van der Waals surface area contributed by atoms with Gasteiger partial charge in [-0.2, -0.15) is 5.26 Å². The third-order valence-corrected chi connectivity index (χ3v) is 5.34. The molecule has 2 aromatic carbocycles. The van der Waals surface area contributed by atoms with Crippen molar-refractivity contribution in [3.05, 3.63) is 58.9 Å². The smallest absolute Gasteiger partial charge is 0.256 e. The maximum atomic E-state index is 14.5. The van der Waals surface area contributed by atoms with E-state index < -0.39 is 5.82 Å². The lowest BCUT2D eigenvalue weighted by Crippen LogP contribution is -2.49. The minimum absolute atomic E-state index is 0.143. The highest BCUT2D eigenvalue weighted by atomic mass is 19.1. The van der Waals surface area contributed by atoms with Crippen molar-refractivity contribution < 1.29 is 14.0 Å². The number of carbonyl (C=O) groups is 2. The van der Waals surface area contributed by atoms with Crippen molar-refractivity contribution >= 4 is 23.1 Å². The molecule has 0 unspecified atom stereocenters. The number of halogens is 1. The summed E-state index contributed by atoms with van der Waals surface area (Å²) in [5.41, 5.74) is 2.40. The van der Waals surface area contributed by atoms with Gasteiger partial charge < -0.3 is 15.1 Å². The van der Waals surface area contributed by atoms with Gasteiger partial charge in [-0.3, -0.25) is 9.59 Å². The molecule has 1 heterocycles. The molecule has 1 amide bonds. The topological polar surface area (TPSA) is 76.4 Å². The average molecular weight is 423 g/mol. The Kier molecular flexibility index (Phi) is 6.91. The molecule has 1 aliphatic rings. The van der Waals surface area contributed by atoms with Crippen LogP contribution in [0.1, 0.15) is 47.1 Å². The Labute approximate surface area is 182 Å². The molecule has 1 saturated heterocycles. The first-order valence-electron chi connectivity index (χ1n) is 10.4. The van der Waals surface area contributed by atoms with E-state index in [0.29, 0.717) is 60.2 Å². The van der Waals surface area contributed by atoms with Crippen molar-refractivity contribution in [1.82, 2.24) is 4.90 Å². The summed E-state index contributed by atoms with van der Waals surface area (Å²) in [5.74, 6) is -0.349. The molecular weight excluding hydrogens is 395 g/mol. The van der Waals surface area contributed by atoms with Crippen LogP contribution in [0.4, 0.5) is 15.8 Å². The van der Waals surface area contributed by atoms with Crippen molar-refractivity contribution in [3.63, 3.8) is 0 Å². The van der Waals surface area contributed by atoms with Crippen LogP contribution in [-0.4, -0.2) is 49.3 Å². The van der Waals surface area contributed by atoms with Crippen LogP contribution in [0.15, 0.2) is 36.4 Å². The quantitative estimate of drug-likeness (QED) is 0.714. The minimum atomic E-state index is -0.436. The third kappa shape index (κ3) is 5.21. The third-order valence-electron chi connectivity index (χ3n) is 5.34. The second-order valence-electron chi connectivity index (χ2n) is 8.15. The van der Waals surface area contributed by atoms with E-state index in [4.69, 9.17) is 0 Å². The maximum Gasteiger partial charge on any atom is 0.256 e. The fraction of sp³-hybridized carbons (Fsp3) is 0.375. The van der Waals surface area contributed by atoms with Gasteiger partial charge in [0.15, 0.2) is 5.78 Å². The Hall–Kier alpha value is -3.40. The highest BCUT2D eigenvalue weighted by Gasteiger charge is 2.25. The maximum absolute atomic E-state index is 14.5. The number of carbonyl (C=O) groups excluding carboxylic acids is 2. The number of amides is 1. The van der Waals surface area contributed by atoms with Gasteiger partial charge in [-0.25, -0.2) is 4.39 Å². The van der Waals surface area contributed by atoms with E-state index in [1.807, 2.05) is 4.90 Å². The van der Waals surface area contributed by atoms with E-state index in [-0.39, 0.29) is 11.7 Å². The molecule has 31 heavy (non-hydrogen) atoms. The summed E-state index contributed by atoms with van der Waals surface area (Å²) in [6, 6.07) is 11.7. The number of hydrogen-bond donors (Lipinski definition) is 1. The molecule has 162 valence electrons. The summed E-state index contributed by atoms with van der Waals surface area (Å²) < 4.78 is 14.5. The molecule has 0 radical (unpaired) electrons. The number of nitriles is 1. The van der Waals surface area contributed by atoms with Crippen molar-refractivity contribution in [3.8, 4) is 6.07 Å². The molecule has 1 N–H and O–H groups in total. The van der Waals surface area contributed by atoms with E-state index >= 15 is 0 Å². The van der Waals surface area contributed by atoms with Gasteiger partial charge in [-0.05, 0) is 49.2 Å². The molecule has 1 fully saturated rings. The second kappa shape index (κ2) is 9.61. The first-order valence-corrected chi connectivity index (χ1v) is 10.4. The van der Waals surface area contributed by atoms with E-state index in [9.17, 15) is 19.2 Å². The predicted molar refractivity (Wildman–Crippen MR) is 119 cm³/mol. The number of benzene rings is 2. The molecule has 3 rings (SSSR count). The number of hydrogen-bond acceptors (Lipinski definition) is 5. The Balaban J connectivity index is 1.73. The summed E-state index contributed by atoms with van der Waals surface area (Å²) in [5, 5.41) is 12.5. The van der Waals surface area contributed by atoms with Gasteiger partial charge in [0, 0.05) is 44.0 Å². The van der Waals surface area contributed by atoms with Crippen molar-refractivity contribution in [2.75, 3.05) is 42.9 Å². The molecule has 0 aliphatic carbocycles. The number of rotatable bonds is 6. The first kappa shape index (κ1) is 22.3. The Bertz CT molecular complexity index is 1020. The van der Waals surface area contributed by atoms with Crippen LogP contribution in [0.2, 0.25) is 0 Å². The highest BCUT2D eigenvalue weighted by Crippen LogP contribution is 2.24. The van der Waals surface area contributed by atoms with Crippen molar-refractivity contribution in [2.45, 2.75) is 20.8 Å². The van der Waals surface area contributed by atoms with Gasteiger partial charge in [-0.15, -0.1) is 0 Å². The lowest BCUT2D eigenvalue weighted by Gasteiger charge is -2.36. The molecule has 0 bridgehead atoms. The summed E-state index contributed by atoms with van der Waals surface area (Å²) in [6.07, 6.45) is 0. The molecule has 0 aromatic heterocycles.